The molecule has 9 heteroatoms. The number of aryl methyl sites for hydroxylation is 2. The van der Waals surface area contributed by atoms with Crippen molar-refractivity contribution in [3.8, 4) is 11.4 Å². The van der Waals surface area contributed by atoms with Gasteiger partial charge < -0.3 is 14.2 Å². The quantitative estimate of drug-likeness (QED) is 0.459. The monoisotopic (exact) mass is 421 g/mol. The van der Waals surface area contributed by atoms with Gasteiger partial charge in [-0.2, -0.15) is 0 Å². The van der Waals surface area contributed by atoms with Crippen molar-refractivity contribution in [2.24, 2.45) is 0 Å². The van der Waals surface area contributed by atoms with E-state index in [9.17, 15) is 14.9 Å². The molecule has 2 aromatic heterocycles. The van der Waals surface area contributed by atoms with E-state index in [1.54, 1.807) is 25.1 Å². The van der Waals surface area contributed by atoms with Crippen LogP contribution in [0.15, 0.2) is 47.1 Å². The molecule has 160 valence electrons. The molecule has 0 bridgehead atoms. The summed E-state index contributed by atoms with van der Waals surface area (Å²) in [5.41, 5.74) is 2.26. The van der Waals surface area contributed by atoms with E-state index in [0.717, 1.165) is 23.5 Å². The summed E-state index contributed by atoms with van der Waals surface area (Å²) in [5.74, 6) is 1.95. The Labute approximate surface area is 179 Å². The summed E-state index contributed by atoms with van der Waals surface area (Å²) in [5, 5.41) is 10.9. The largest absolute Gasteiger partial charge is 0.469 e. The Morgan fingerprint density at radius 3 is 2.42 bits per heavy atom. The van der Waals surface area contributed by atoms with Gasteiger partial charge >= 0.3 is 0 Å². The molecule has 0 unspecified atom stereocenters. The molecule has 0 aliphatic carbocycles. The number of non-ortho nitro benzene ring substituents is 1. The first-order valence-corrected chi connectivity index (χ1v) is 10.2. The second-order valence-corrected chi connectivity index (χ2v) is 7.37. The summed E-state index contributed by atoms with van der Waals surface area (Å²) in [6.07, 6.45) is 2.28. The first kappa shape index (κ1) is 20.5. The Bertz CT molecular complexity index is 1100. The van der Waals surface area contributed by atoms with E-state index in [-0.39, 0.29) is 11.6 Å². The number of rotatable bonds is 5. The normalized spacial score (nSPS) is 14.0. The zero-order valence-corrected chi connectivity index (χ0v) is 17.4. The van der Waals surface area contributed by atoms with Crippen LogP contribution < -0.4 is 4.90 Å². The molecule has 31 heavy (non-hydrogen) atoms. The van der Waals surface area contributed by atoms with E-state index >= 15 is 0 Å². The number of hydrogen-bond donors (Lipinski definition) is 0. The van der Waals surface area contributed by atoms with Gasteiger partial charge in [-0.05, 0) is 31.5 Å². The van der Waals surface area contributed by atoms with Crippen molar-refractivity contribution in [3.05, 3.63) is 69.8 Å². The van der Waals surface area contributed by atoms with E-state index < -0.39 is 4.92 Å². The van der Waals surface area contributed by atoms with Crippen LogP contribution in [0.1, 0.15) is 28.7 Å². The molecule has 3 heterocycles. The van der Waals surface area contributed by atoms with Crippen molar-refractivity contribution in [1.29, 1.82) is 0 Å². The van der Waals surface area contributed by atoms with Gasteiger partial charge in [0.05, 0.1) is 16.7 Å². The van der Waals surface area contributed by atoms with Gasteiger partial charge in [0.2, 0.25) is 0 Å². The molecule has 0 atom stereocenters. The highest BCUT2D eigenvalue weighted by atomic mass is 16.6. The minimum Gasteiger partial charge on any atom is -0.469 e. The van der Waals surface area contributed by atoms with E-state index in [4.69, 9.17) is 9.40 Å². The molecule has 1 aromatic carbocycles. The van der Waals surface area contributed by atoms with Crippen LogP contribution in [0.5, 0.6) is 0 Å². The number of nitro benzene ring substituents is 1. The summed E-state index contributed by atoms with van der Waals surface area (Å²) in [4.78, 5) is 36.5. The van der Waals surface area contributed by atoms with Gasteiger partial charge in [0.1, 0.15) is 11.6 Å². The molecule has 0 saturated carbocycles. The molecule has 1 fully saturated rings. The number of furan rings is 1. The minimum atomic E-state index is -0.426. The summed E-state index contributed by atoms with van der Waals surface area (Å²) in [7, 11) is 0. The molecule has 1 aliphatic rings. The maximum Gasteiger partial charge on any atom is 0.269 e. The Balaban J connectivity index is 1.52. The number of nitrogens with zero attached hydrogens (tertiary/aromatic N) is 5. The maximum absolute atomic E-state index is 12.7. The average molecular weight is 421 g/mol. The fraction of sp³-hybridized carbons (Fsp3) is 0.318. The first-order chi connectivity index (χ1) is 15.0. The topological polar surface area (TPSA) is 106 Å². The molecular formula is C22H23N5O4. The predicted molar refractivity (Wildman–Crippen MR) is 115 cm³/mol. The van der Waals surface area contributed by atoms with E-state index in [1.165, 1.54) is 18.4 Å². The summed E-state index contributed by atoms with van der Waals surface area (Å²) < 4.78 is 5.26. The van der Waals surface area contributed by atoms with Crippen LogP contribution in [0.3, 0.4) is 0 Å². The van der Waals surface area contributed by atoms with E-state index in [0.29, 0.717) is 43.3 Å². The van der Waals surface area contributed by atoms with Crippen molar-refractivity contribution in [3.63, 3.8) is 0 Å². The number of hydrogen-bond acceptors (Lipinski definition) is 7. The fourth-order valence-corrected chi connectivity index (χ4v) is 3.60. The average Bonchev–Trinajstić information content (AvgIpc) is 3.24. The molecule has 0 spiro atoms. The summed E-state index contributed by atoms with van der Waals surface area (Å²) in [6.45, 7) is 6.29. The van der Waals surface area contributed by atoms with Crippen molar-refractivity contribution in [1.82, 2.24) is 14.9 Å². The lowest BCUT2D eigenvalue weighted by molar-refractivity contribution is -0.384. The zero-order valence-electron chi connectivity index (χ0n) is 17.4. The number of anilines is 1. The lowest BCUT2D eigenvalue weighted by atomic mass is 10.1. The lowest BCUT2D eigenvalue weighted by Crippen LogP contribution is -2.49. The Kier molecular flexibility index (Phi) is 5.66. The van der Waals surface area contributed by atoms with Crippen LogP contribution in [-0.2, 0) is 6.42 Å². The van der Waals surface area contributed by atoms with Gasteiger partial charge in [0.15, 0.2) is 5.82 Å². The minimum absolute atomic E-state index is 0.0191. The highest BCUT2D eigenvalue weighted by Gasteiger charge is 2.25. The number of carbonyl (C=O) groups is 1. The van der Waals surface area contributed by atoms with Crippen molar-refractivity contribution >= 4 is 17.4 Å². The van der Waals surface area contributed by atoms with Gasteiger partial charge in [0, 0.05) is 55.6 Å². The molecular weight excluding hydrogens is 398 g/mol. The molecule has 0 radical (unpaired) electrons. The van der Waals surface area contributed by atoms with E-state index in [2.05, 4.69) is 9.88 Å². The highest BCUT2D eigenvalue weighted by Crippen LogP contribution is 2.24. The molecule has 3 aromatic rings. The third kappa shape index (κ3) is 4.25. The van der Waals surface area contributed by atoms with E-state index in [1.807, 2.05) is 17.9 Å². The Hall–Kier alpha value is -3.75. The number of nitro groups is 1. The van der Waals surface area contributed by atoms with Gasteiger partial charge in [-0.1, -0.05) is 6.92 Å². The third-order valence-corrected chi connectivity index (χ3v) is 5.44. The number of aromatic nitrogens is 2. The van der Waals surface area contributed by atoms with Gasteiger partial charge in [-0.15, -0.1) is 0 Å². The fourth-order valence-electron chi connectivity index (χ4n) is 3.60. The maximum atomic E-state index is 12.7. The SMILES string of the molecule is CCc1cc(N2CCN(C(=O)c3ccoc3C)CC2)nc(-c2ccc([N+](=O)[O-])cc2)n1. The molecule has 0 N–H and O–H groups in total. The van der Waals surface area contributed by atoms with Crippen molar-refractivity contribution in [2.45, 2.75) is 20.3 Å². The zero-order chi connectivity index (χ0) is 22.0. The van der Waals surface area contributed by atoms with Crippen LogP contribution in [0.25, 0.3) is 11.4 Å². The third-order valence-electron chi connectivity index (χ3n) is 5.44. The predicted octanol–water partition coefficient (Wildman–Crippen LogP) is 3.48. The van der Waals surface area contributed by atoms with Crippen LogP contribution in [0.2, 0.25) is 0 Å². The smallest absolute Gasteiger partial charge is 0.269 e. The summed E-state index contributed by atoms with van der Waals surface area (Å²) >= 11 is 0. The molecule has 1 saturated heterocycles. The number of piperazine rings is 1. The van der Waals surface area contributed by atoms with Crippen LogP contribution in [-0.4, -0.2) is 51.9 Å². The van der Waals surface area contributed by atoms with Crippen molar-refractivity contribution < 1.29 is 14.1 Å². The Morgan fingerprint density at radius 2 is 1.84 bits per heavy atom. The van der Waals surface area contributed by atoms with Crippen LogP contribution in [0, 0.1) is 17.0 Å². The number of amides is 1. The Morgan fingerprint density at radius 1 is 1.13 bits per heavy atom. The van der Waals surface area contributed by atoms with Crippen LogP contribution >= 0.6 is 0 Å². The molecule has 1 amide bonds. The molecule has 4 rings (SSSR count). The number of carbonyl (C=O) groups excluding carboxylic acids is 1. The van der Waals surface area contributed by atoms with Gasteiger partial charge in [0.25, 0.3) is 11.6 Å². The van der Waals surface area contributed by atoms with Gasteiger partial charge in [-0.25, -0.2) is 9.97 Å². The highest BCUT2D eigenvalue weighted by molar-refractivity contribution is 5.95. The van der Waals surface area contributed by atoms with Gasteiger partial charge in [-0.3, -0.25) is 14.9 Å². The second kappa shape index (κ2) is 8.55. The standard InChI is InChI=1S/C22H23N5O4/c1-3-17-14-20(24-21(23-17)16-4-6-18(7-5-16)27(29)30)25-9-11-26(12-10-25)22(28)19-8-13-31-15(19)2/h4-8,13-14H,3,9-12H2,1-2H3. The second-order valence-electron chi connectivity index (χ2n) is 7.37. The lowest BCUT2D eigenvalue weighted by Gasteiger charge is -2.35. The number of benzene rings is 1. The van der Waals surface area contributed by atoms with Crippen LogP contribution in [0.4, 0.5) is 11.5 Å². The van der Waals surface area contributed by atoms with Crippen molar-refractivity contribution in [2.75, 3.05) is 31.1 Å². The summed E-state index contributed by atoms with van der Waals surface area (Å²) in [6, 6.07) is 9.92. The molecule has 9 nitrogen and oxygen atoms in total. The molecule has 1 aliphatic heterocycles. The first-order valence-electron chi connectivity index (χ1n) is 10.2.